The second-order valence-corrected chi connectivity index (χ2v) is 6.58. The minimum atomic E-state index is 0. The van der Waals surface area contributed by atoms with Crippen LogP contribution in [0.4, 0.5) is 0 Å². The Hall–Kier alpha value is -1.31. The van der Waals surface area contributed by atoms with Gasteiger partial charge in [-0.3, -0.25) is 0 Å². The lowest BCUT2D eigenvalue weighted by Gasteiger charge is -2.33. The van der Waals surface area contributed by atoms with Crippen LogP contribution in [0.3, 0.4) is 0 Å². The largest absolute Gasteiger partial charge is 0.303 e. The third-order valence-corrected chi connectivity index (χ3v) is 5.11. The number of benzene rings is 2. The summed E-state index contributed by atoms with van der Waals surface area (Å²) >= 11 is 0. The first-order chi connectivity index (χ1) is 10.8. The molecule has 0 radical (unpaired) electrons. The fourth-order valence-electron chi connectivity index (χ4n) is 3.76. The second-order valence-electron chi connectivity index (χ2n) is 6.58. The smallest absolute Gasteiger partial charge is 0.00925 e. The molecule has 0 N–H and O–H groups in total. The summed E-state index contributed by atoms with van der Waals surface area (Å²) in [6, 6.07) is 22.8. The molecule has 2 aromatic carbocycles. The van der Waals surface area contributed by atoms with E-state index < -0.39 is 0 Å². The number of rotatable bonds is 5. The van der Waals surface area contributed by atoms with E-state index in [4.69, 9.17) is 0 Å². The monoisotopic (exact) mass is 329 g/mol. The molecule has 1 atom stereocenters. The Balaban J connectivity index is 0.00000192. The molecule has 0 saturated carbocycles. The maximum Gasteiger partial charge on any atom is 0.00925 e. The normalized spacial score (nSPS) is 18.6. The molecule has 0 bridgehead atoms. The van der Waals surface area contributed by atoms with Crippen molar-refractivity contribution in [3.63, 3.8) is 0 Å². The van der Waals surface area contributed by atoms with Crippen molar-refractivity contribution in [3.8, 4) is 0 Å². The second kappa shape index (κ2) is 9.10. The summed E-state index contributed by atoms with van der Waals surface area (Å²) in [5, 5.41) is 0. The quantitative estimate of drug-likeness (QED) is 0.699. The highest BCUT2D eigenvalue weighted by Gasteiger charge is 2.21. The van der Waals surface area contributed by atoms with Crippen LogP contribution in [0, 0.1) is 0 Å². The van der Waals surface area contributed by atoms with E-state index in [0.29, 0.717) is 5.92 Å². The first kappa shape index (κ1) is 18.0. The van der Waals surface area contributed by atoms with Gasteiger partial charge in [-0.05, 0) is 50.4 Å². The molecule has 1 fully saturated rings. The van der Waals surface area contributed by atoms with Gasteiger partial charge in [0.1, 0.15) is 0 Å². The average Bonchev–Trinajstić information content (AvgIpc) is 2.59. The Labute approximate surface area is 147 Å². The van der Waals surface area contributed by atoms with E-state index >= 15 is 0 Å². The minimum absolute atomic E-state index is 0. The molecule has 1 aliphatic heterocycles. The number of piperidine rings is 1. The minimum Gasteiger partial charge on any atom is -0.303 e. The van der Waals surface area contributed by atoms with Crippen molar-refractivity contribution in [2.24, 2.45) is 0 Å². The van der Waals surface area contributed by atoms with E-state index in [1.54, 1.807) is 0 Å². The maximum absolute atomic E-state index is 2.57. The summed E-state index contributed by atoms with van der Waals surface area (Å²) in [4.78, 5) is 2.57. The summed E-state index contributed by atoms with van der Waals surface area (Å²) < 4.78 is 0. The highest BCUT2D eigenvalue weighted by Crippen LogP contribution is 2.31. The highest BCUT2D eigenvalue weighted by atomic mass is 35.5. The average molecular weight is 330 g/mol. The van der Waals surface area contributed by atoms with Crippen molar-refractivity contribution >= 4 is 12.4 Å². The summed E-state index contributed by atoms with van der Waals surface area (Å²) in [5.74, 6) is 0.526. The van der Waals surface area contributed by atoms with Gasteiger partial charge in [0.05, 0.1) is 0 Å². The summed E-state index contributed by atoms with van der Waals surface area (Å²) in [7, 11) is 2.30. The summed E-state index contributed by atoms with van der Waals surface area (Å²) in [6.07, 6.45) is 6.67. The number of hydrogen-bond acceptors (Lipinski definition) is 1. The van der Waals surface area contributed by atoms with Crippen molar-refractivity contribution in [2.75, 3.05) is 13.6 Å². The van der Waals surface area contributed by atoms with E-state index in [-0.39, 0.29) is 12.4 Å². The molecule has 1 nitrogen and oxygen atoms in total. The third kappa shape index (κ3) is 4.83. The van der Waals surface area contributed by atoms with Crippen molar-refractivity contribution in [1.82, 2.24) is 4.90 Å². The van der Waals surface area contributed by atoms with Crippen LogP contribution in [-0.2, 0) is 0 Å². The van der Waals surface area contributed by atoms with Gasteiger partial charge in [0.2, 0.25) is 0 Å². The van der Waals surface area contributed by atoms with Crippen LogP contribution in [0.15, 0.2) is 60.7 Å². The zero-order valence-corrected chi connectivity index (χ0v) is 14.8. The van der Waals surface area contributed by atoms with Gasteiger partial charge < -0.3 is 4.90 Å². The van der Waals surface area contributed by atoms with Crippen molar-refractivity contribution in [3.05, 3.63) is 71.8 Å². The van der Waals surface area contributed by atoms with Crippen LogP contribution >= 0.6 is 12.4 Å². The van der Waals surface area contributed by atoms with Gasteiger partial charge in [0.15, 0.2) is 0 Å². The van der Waals surface area contributed by atoms with E-state index in [0.717, 1.165) is 6.04 Å². The Morgan fingerprint density at radius 1 is 0.913 bits per heavy atom. The fourth-order valence-corrected chi connectivity index (χ4v) is 3.76. The molecule has 3 rings (SSSR count). The zero-order valence-electron chi connectivity index (χ0n) is 14.0. The van der Waals surface area contributed by atoms with Crippen LogP contribution in [0.5, 0.6) is 0 Å². The van der Waals surface area contributed by atoms with Crippen LogP contribution in [0.25, 0.3) is 0 Å². The molecular formula is C21H28ClN. The number of hydrogen-bond donors (Lipinski definition) is 0. The summed E-state index contributed by atoms with van der Waals surface area (Å²) in [6.45, 7) is 1.27. The predicted octanol–water partition coefficient (Wildman–Crippen LogP) is 5.50. The molecule has 2 aromatic rings. The molecule has 0 amide bonds. The molecule has 0 aliphatic carbocycles. The Morgan fingerprint density at radius 2 is 1.48 bits per heavy atom. The molecule has 1 heterocycles. The number of halogens is 1. The van der Waals surface area contributed by atoms with Crippen molar-refractivity contribution in [1.29, 1.82) is 0 Å². The maximum atomic E-state index is 2.57. The predicted molar refractivity (Wildman–Crippen MR) is 101 cm³/mol. The Bertz CT molecular complexity index is 515. The van der Waals surface area contributed by atoms with Crippen LogP contribution in [-0.4, -0.2) is 24.5 Å². The molecule has 1 unspecified atom stereocenters. The summed E-state index contributed by atoms with van der Waals surface area (Å²) in [5.41, 5.74) is 2.90. The number of likely N-dealkylation sites (tertiary alicyclic amines) is 1. The lowest BCUT2D eigenvalue weighted by Crippen LogP contribution is -2.36. The molecule has 0 aromatic heterocycles. The van der Waals surface area contributed by atoms with Gasteiger partial charge in [-0.15, -0.1) is 12.4 Å². The van der Waals surface area contributed by atoms with Gasteiger partial charge in [-0.1, -0.05) is 67.1 Å². The zero-order chi connectivity index (χ0) is 15.2. The van der Waals surface area contributed by atoms with Gasteiger partial charge in [-0.25, -0.2) is 0 Å². The lowest BCUT2D eigenvalue weighted by molar-refractivity contribution is 0.172. The van der Waals surface area contributed by atoms with E-state index in [9.17, 15) is 0 Å². The van der Waals surface area contributed by atoms with Gasteiger partial charge >= 0.3 is 0 Å². The van der Waals surface area contributed by atoms with E-state index in [2.05, 4.69) is 72.6 Å². The van der Waals surface area contributed by atoms with Crippen LogP contribution in [0.2, 0.25) is 0 Å². The highest BCUT2D eigenvalue weighted by molar-refractivity contribution is 5.85. The number of nitrogens with zero attached hydrogens (tertiary/aromatic N) is 1. The van der Waals surface area contributed by atoms with E-state index in [1.807, 2.05) is 0 Å². The first-order valence-electron chi connectivity index (χ1n) is 8.65. The SMILES string of the molecule is CN1CCCCC1CCC(c1ccccc1)c1ccccc1.Cl. The third-order valence-electron chi connectivity index (χ3n) is 5.11. The fraction of sp³-hybridized carbons (Fsp3) is 0.429. The topological polar surface area (TPSA) is 3.24 Å². The molecular weight excluding hydrogens is 302 g/mol. The molecule has 0 spiro atoms. The van der Waals surface area contributed by atoms with Crippen molar-refractivity contribution in [2.45, 2.75) is 44.1 Å². The van der Waals surface area contributed by atoms with Gasteiger partial charge in [0.25, 0.3) is 0 Å². The van der Waals surface area contributed by atoms with Gasteiger partial charge in [0, 0.05) is 12.0 Å². The van der Waals surface area contributed by atoms with Crippen LogP contribution in [0.1, 0.15) is 49.1 Å². The Morgan fingerprint density at radius 3 is 2.00 bits per heavy atom. The van der Waals surface area contributed by atoms with Crippen LogP contribution < -0.4 is 0 Å². The Kier molecular flexibility index (Phi) is 7.14. The molecule has 23 heavy (non-hydrogen) atoms. The van der Waals surface area contributed by atoms with Crippen molar-refractivity contribution < 1.29 is 0 Å². The molecule has 1 saturated heterocycles. The standard InChI is InChI=1S/C21H27N.ClH/c1-22-17-9-8-14-20(22)15-16-21(18-10-4-2-5-11-18)19-12-6-3-7-13-19;/h2-7,10-13,20-21H,8-9,14-17H2,1H3;1H. The van der Waals surface area contributed by atoms with E-state index in [1.165, 1.54) is 49.8 Å². The molecule has 2 heteroatoms. The molecule has 1 aliphatic rings. The lowest BCUT2D eigenvalue weighted by atomic mass is 9.85. The first-order valence-corrected chi connectivity index (χ1v) is 8.65. The van der Waals surface area contributed by atoms with Gasteiger partial charge in [-0.2, -0.15) is 0 Å². The molecule has 124 valence electrons.